The topological polar surface area (TPSA) is 12.9 Å². The van der Waals surface area contributed by atoms with Gasteiger partial charge in [0.15, 0.2) is 0 Å². The molecule has 0 radical (unpaired) electrons. The summed E-state index contributed by atoms with van der Waals surface area (Å²) in [5.74, 6) is -0.575. The van der Waals surface area contributed by atoms with Gasteiger partial charge >= 0.3 is 0 Å². The van der Waals surface area contributed by atoms with Gasteiger partial charge in [0.2, 0.25) is 0 Å². The van der Waals surface area contributed by atoms with Crippen LogP contribution >= 0.6 is 11.6 Å². The van der Waals surface area contributed by atoms with Crippen molar-refractivity contribution in [3.63, 3.8) is 0 Å². The molecule has 1 nitrogen and oxygen atoms in total. The van der Waals surface area contributed by atoms with E-state index in [1.165, 1.54) is 6.07 Å². The fourth-order valence-electron chi connectivity index (χ4n) is 1.37. The number of nitrogens with zero attached hydrogens (tertiary/aromatic N) is 1. The summed E-state index contributed by atoms with van der Waals surface area (Å²) < 4.78 is 38.1. The second kappa shape index (κ2) is 3.70. The molecule has 0 fully saturated rings. The number of rotatable bonds is 1. The van der Waals surface area contributed by atoms with E-state index in [0.29, 0.717) is 0 Å². The van der Waals surface area contributed by atoms with Crippen molar-refractivity contribution in [2.75, 3.05) is 0 Å². The van der Waals surface area contributed by atoms with Gasteiger partial charge < -0.3 is 0 Å². The van der Waals surface area contributed by atoms with E-state index >= 15 is 0 Å². The summed E-state index contributed by atoms with van der Waals surface area (Å²) in [5, 5.41) is 0.0683. The van der Waals surface area contributed by atoms with Gasteiger partial charge in [0.25, 0.3) is 6.43 Å². The van der Waals surface area contributed by atoms with Crippen LogP contribution in [0, 0.1) is 5.82 Å². The number of aromatic nitrogens is 1. The maximum absolute atomic E-state index is 12.9. The first kappa shape index (κ1) is 10.2. The third kappa shape index (κ3) is 1.90. The van der Waals surface area contributed by atoms with Crippen molar-refractivity contribution >= 4 is 22.5 Å². The van der Waals surface area contributed by atoms with Gasteiger partial charge in [0.1, 0.15) is 11.0 Å². The van der Waals surface area contributed by atoms with Crippen molar-refractivity contribution in [1.82, 2.24) is 4.98 Å². The van der Waals surface area contributed by atoms with Crippen molar-refractivity contribution < 1.29 is 13.2 Å². The van der Waals surface area contributed by atoms with E-state index in [1.54, 1.807) is 0 Å². The van der Waals surface area contributed by atoms with Gasteiger partial charge in [-0.15, -0.1) is 0 Å². The minimum absolute atomic E-state index is 0.0237. The number of fused-ring (bicyclic) bond motifs is 1. The zero-order valence-corrected chi connectivity index (χ0v) is 8.10. The number of benzene rings is 1. The Balaban J connectivity index is 2.81. The Morgan fingerprint density at radius 3 is 2.60 bits per heavy atom. The van der Waals surface area contributed by atoms with Crippen LogP contribution in [0.15, 0.2) is 24.3 Å². The molecule has 78 valence electrons. The van der Waals surface area contributed by atoms with Crippen LogP contribution < -0.4 is 0 Å². The van der Waals surface area contributed by atoms with Crippen molar-refractivity contribution in [1.29, 1.82) is 0 Å². The molecule has 0 unspecified atom stereocenters. The van der Waals surface area contributed by atoms with E-state index in [-0.39, 0.29) is 21.6 Å². The summed E-state index contributed by atoms with van der Waals surface area (Å²) >= 11 is 5.57. The molecule has 0 spiro atoms. The van der Waals surface area contributed by atoms with E-state index in [1.807, 2.05) is 0 Å². The first-order valence-corrected chi connectivity index (χ1v) is 4.49. The van der Waals surface area contributed by atoms with Gasteiger partial charge in [-0.1, -0.05) is 11.6 Å². The minimum atomic E-state index is -2.70. The van der Waals surface area contributed by atoms with E-state index in [0.717, 1.165) is 18.2 Å². The number of halogens is 4. The van der Waals surface area contributed by atoms with Crippen LogP contribution in [0.4, 0.5) is 13.2 Å². The van der Waals surface area contributed by atoms with E-state index < -0.39 is 12.2 Å². The highest BCUT2D eigenvalue weighted by Gasteiger charge is 2.14. The molecule has 0 aliphatic heterocycles. The van der Waals surface area contributed by atoms with Gasteiger partial charge in [-0.2, -0.15) is 0 Å². The lowest BCUT2D eigenvalue weighted by atomic mass is 10.1. The minimum Gasteiger partial charge on any atom is -0.236 e. The van der Waals surface area contributed by atoms with Crippen molar-refractivity contribution in [3.05, 3.63) is 40.8 Å². The lowest BCUT2D eigenvalue weighted by molar-refractivity contribution is 0.153. The largest absolute Gasteiger partial charge is 0.264 e. The van der Waals surface area contributed by atoms with Crippen LogP contribution in [-0.2, 0) is 0 Å². The summed E-state index contributed by atoms with van der Waals surface area (Å²) in [6.45, 7) is 0. The molecule has 1 aromatic heterocycles. The van der Waals surface area contributed by atoms with E-state index in [9.17, 15) is 13.2 Å². The highest BCUT2D eigenvalue weighted by atomic mass is 35.5. The molecule has 2 aromatic rings. The first-order valence-electron chi connectivity index (χ1n) is 4.12. The summed E-state index contributed by atoms with van der Waals surface area (Å²) in [5.41, 5.74) is -0.0382. The van der Waals surface area contributed by atoms with Crippen molar-refractivity contribution in [2.24, 2.45) is 0 Å². The average molecular weight is 232 g/mol. The quantitative estimate of drug-likeness (QED) is 0.677. The second-order valence-electron chi connectivity index (χ2n) is 3.00. The fourth-order valence-corrected chi connectivity index (χ4v) is 1.58. The van der Waals surface area contributed by atoms with Crippen molar-refractivity contribution in [3.8, 4) is 0 Å². The van der Waals surface area contributed by atoms with Crippen LogP contribution in [0.2, 0.25) is 5.15 Å². The van der Waals surface area contributed by atoms with Gasteiger partial charge in [-0.3, -0.25) is 0 Å². The highest BCUT2D eigenvalue weighted by molar-refractivity contribution is 6.29. The van der Waals surface area contributed by atoms with Crippen LogP contribution in [0.5, 0.6) is 0 Å². The van der Waals surface area contributed by atoms with Crippen LogP contribution in [0.25, 0.3) is 10.9 Å². The molecular weight excluding hydrogens is 227 g/mol. The number of pyridine rings is 1. The van der Waals surface area contributed by atoms with Gasteiger partial charge in [-0.05, 0) is 24.3 Å². The van der Waals surface area contributed by atoms with E-state index in [2.05, 4.69) is 4.98 Å². The van der Waals surface area contributed by atoms with Crippen LogP contribution in [0.1, 0.15) is 12.0 Å². The SMILES string of the molecule is Fc1ccc2nc(Cl)cc(C(F)F)c2c1. The number of alkyl halides is 2. The molecule has 0 saturated carbocycles. The summed E-state index contributed by atoms with van der Waals surface area (Å²) in [7, 11) is 0. The molecule has 1 aromatic carbocycles. The summed E-state index contributed by atoms with van der Waals surface area (Å²) in [6, 6.07) is 4.55. The Morgan fingerprint density at radius 2 is 1.93 bits per heavy atom. The maximum atomic E-state index is 12.9. The fraction of sp³-hybridized carbons (Fsp3) is 0.100. The molecule has 0 bridgehead atoms. The molecule has 0 aliphatic carbocycles. The molecule has 0 amide bonds. The first-order chi connectivity index (χ1) is 7.08. The number of hydrogen-bond donors (Lipinski definition) is 0. The zero-order chi connectivity index (χ0) is 11.0. The Morgan fingerprint density at radius 1 is 1.20 bits per heavy atom. The monoisotopic (exact) mass is 231 g/mol. The standard InChI is InChI=1S/C10H5ClF3N/c11-9-4-7(10(13)14)6-3-5(12)1-2-8(6)15-9/h1-4,10H. The highest BCUT2D eigenvalue weighted by Crippen LogP contribution is 2.29. The maximum Gasteiger partial charge on any atom is 0.264 e. The van der Waals surface area contributed by atoms with Gasteiger partial charge in [-0.25, -0.2) is 18.2 Å². The molecule has 0 aliphatic rings. The molecule has 1 heterocycles. The molecule has 0 atom stereocenters. The van der Waals surface area contributed by atoms with Crippen LogP contribution in [0.3, 0.4) is 0 Å². The second-order valence-corrected chi connectivity index (χ2v) is 3.38. The normalized spacial score (nSPS) is 11.3. The third-order valence-corrected chi connectivity index (χ3v) is 2.20. The number of hydrogen-bond acceptors (Lipinski definition) is 1. The summed E-state index contributed by atoms with van der Waals surface area (Å²) in [4.78, 5) is 3.83. The molecule has 0 saturated heterocycles. The summed E-state index contributed by atoms with van der Waals surface area (Å²) in [6.07, 6.45) is -2.70. The Hall–Kier alpha value is -1.29. The Labute approximate surface area is 88.5 Å². The smallest absolute Gasteiger partial charge is 0.236 e. The molecule has 15 heavy (non-hydrogen) atoms. The van der Waals surface area contributed by atoms with Gasteiger partial charge in [0, 0.05) is 10.9 Å². The molecule has 5 heteroatoms. The lowest BCUT2D eigenvalue weighted by Gasteiger charge is -2.05. The van der Waals surface area contributed by atoms with Gasteiger partial charge in [0.05, 0.1) is 5.52 Å². The zero-order valence-electron chi connectivity index (χ0n) is 7.35. The predicted molar refractivity (Wildman–Crippen MR) is 51.7 cm³/mol. The molecule has 2 rings (SSSR count). The van der Waals surface area contributed by atoms with Crippen molar-refractivity contribution in [2.45, 2.75) is 6.43 Å². The average Bonchev–Trinajstić information content (AvgIpc) is 2.17. The third-order valence-electron chi connectivity index (χ3n) is 2.01. The Bertz CT molecular complexity index is 513. The molecular formula is C10H5ClF3N. The Kier molecular flexibility index (Phi) is 2.52. The lowest BCUT2D eigenvalue weighted by Crippen LogP contribution is -1.91. The molecule has 0 N–H and O–H groups in total. The van der Waals surface area contributed by atoms with Crippen LogP contribution in [-0.4, -0.2) is 4.98 Å². The van der Waals surface area contributed by atoms with E-state index in [4.69, 9.17) is 11.6 Å². The predicted octanol–water partition coefficient (Wildman–Crippen LogP) is 3.96.